The van der Waals surface area contributed by atoms with Gasteiger partial charge in [0.1, 0.15) is 0 Å². The Kier molecular flexibility index (Phi) is 9.60. The summed E-state index contributed by atoms with van der Waals surface area (Å²) in [6, 6.07) is 43.2. The molecule has 0 spiro atoms. The summed E-state index contributed by atoms with van der Waals surface area (Å²) in [4.78, 5) is 0. The standard InChI is InChI=1S/2C11H16O.2C10H9.C7H9Si.Zr/c2*1-8-5-6-10(12)9(7-8)11(2,3)4;2*1-8-6-9-4-2-3-5-10(9)7-8;1-8-7-5-3-2-4-6-7;/h2*5-7,12H,1-4H3;2*2-7H,1H3;2-6,8H,1H3;/q;;;;;+2/p-2. The molecule has 0 bridgehead atoms. The van der Waals surface area contributed by atoms with Crippen molar-refractivity contribution in [2.45, 2.75) is 93.9 Å². The van der Waals surface area contributed by atoms with E-state index in [0.29, 0.717) is 0 Å². The Morgan fingerprint density at radius 1 is 0.509 bits per heavy atom. The second-order valence-electron chi connectivity index (χ2n) is 18.0. The molecule has 4 heteroatoms. The van der Waals surface area contributed by atoms with Crippen molar-refractivity contribution in [1.29, 1.82) is 0 Å². The second kappa shape index (κ2) is 13.5. The number of aryl methyl sites for hydroxylation is 2. The SMILES string of the molecule is CC1=Cc2ccccc2[CH]1[Zr]([O]c1ccc(C)cc1C(C)(C)C)([O]c1ccc(C)cc1C(C)(C)C)([CH]1C(C)=Cc2ccccc21)[SiH](C)c1ccccc1. The minimum atomic E-state index is -5.78. The van der Waals surface area contributed by atoms with Gasteiger partial charge >= 0.3 is 324 Å². The van der Waals surface area contributed by atoms with E-state index in [1.54, 1.807) is 0 Å². The fraction of sp³-hybridized carbons (Fsp3) is 0.306. The third-order valence-electron chi connectivity index (χ3n) is 12.1. The Morgan fingerprint density at radius 2 is 0.906 bits per heavy atom. The third-order valence-corrected chi connectivity index (χ3v) is 48.2. The minimum absolute atomic E-state index is 0.0303. The third kappa shape index (κ3) is 6.28. The van der Waals surface area contributed by atoms with Gasteiger partial charge in [-0.05, 0) is 0 Å². The predicted octanol–water partition coefficient (Wildman–Crippen LogP) is 12.5. The predicted molar refractivity (Wildman–Crippen MR) is 226 cm³/mol. The maximum absolute atomic E-state index is 8.71. The summed E-state index contributed by atoms with van der Waals surface area (Å²) < 4.78 is 17.4. The van der Waals surface area contributed by atoms with Crippen molar-refractivity contribution in [2.75, 3.05) is 0 Å². The molecule has 7 rings (SSSR count). The van der Waals surface area contributed by atoms with E-state index >= 15 is 0 Å². The van der Waals surface area contributed by atoms with Crippen LogP contribution in [0.15, 0.2) is 126 Å². The average molecular weight is 797 g/mol. The summed E-state index contributed by atoms with van der Waals surface area (Å²) in [6.45, 7) is 25.6. The van der Waals surface area contributed by atoms with Crippen molar-refractivity contribution in [3.63, 3.8) is 0 Å². The van der Waals surface area contributed by atoms with Crippen LogP contribution in [0.3, 0.4) is 0 Å². The summed E-state index contributed by atoms with van der Waals surface area (Å²) in [6.07, 6.45) is 4.87. The molecule has 3 atom stereocenters. The summed E-state index contributed by atoms with van der Waals surface area (Å²) in [7, 11) is 0. The fourth-order valence-electron chi connectivity index (χ4n) is 9.75. The summed E-state index contributed by atoms with van der Waals surface area (Å²) in [5.74, 6) is -0.328. The molecule has 0 heterocycles. The van der Waals surface area contributed by atoms with E-state index in [0.717, 1.165) is 11.5 Å². The molecule has 0 aliphatic heterocycles. The van der Waals surface area contributed by atoms with Crippen molar-refractivity contribution in [1.82, 2.24) is 0 Å². The quantitative estimate of drug-likeness (QED) is 0.146. The van der Waals surface area contributed by atoms with Crippen molar-refractivity contribution in [3.05, 3.63) is 171 Å². The van der Waals surface area contributed by atoms with Gasteiger partial charge < -0.3 is 0 Å². The van der Waals surface area contributed by atoms with Crippen molar-refractivity contribution >= 4 is 23.3 Å². The van der Waals surface area contributed by atoms with Crippen LogP contribution in [0.2, 0.25) is 6.55 Å². The summed E-state index contributed by atoms with van der Waals surface area (Å²) in [5.41, 5.74) is 12.6. The first kappa shape index (κ1) is 37.6. The number of rotatable bonds is 8. The monoisotopic (exact) mass is 795 g/mol. The molecule has 2 aliphatic rings. The topological polar surface area (TPSA) is 18.5 Å². The molecule has 2 nitrogen and oxygen atoms in total. The van der Waals surface area contributed by atoms with Crippen molar-refractivity contribution in [3.8, 4) is 11.5 Å². The first-order chi connectivity index (χ1) is 25.0. The molecule has 0 saturated carbocycles. The Hall–Kier alpha value is -3.72. The van der Waals surface area contributed by atoms with Gasteiger partial charge in [-0.25, -0.2) is 0 Å². The first-order valence-electron chi connectivity index (χ1n) is 19.4. The Balaban J connectivity index is 1.74. The van der Waals surface area contributed by atoms with Crippen LogP contribution in [-0.4, -0.2) is 5.92 Å². The summed E-state index contributed by atoms with van der Waals surface area (Å²) in [5, 5.41) is 1.39. The van der Waals surface area contributed by atoms with E-state index in [9.17, 15) is 0 Å². The zero-order chi connectivity index (χ0) is 37.9. The molecular formula is C49H57O2SiZr. The zero-order valence-electron chi connectivity index (χ0n) is 33.7. The number of hydrogen-bond acceptors (Lipinski definition) is 2. The van der Waals surface area contributed by atoms with Crippen LogP contribution in [0.4, 0.5) is 0 Å². The molecule has 5 aromatic rings. The molecule has 5 aromatic carbocycles. The van der Waals surface area contributed by atoms with E-state index < -0.39 is 24.7 Å². The average Bonchev–Trinajstić information content (AvgIpc) is 3.65. The first-order valence-corrected chi connectivity index (χ1v) is 30.8. The van der Waals surface area contributed by atoms with E-state index in [1.807, 2.05) is 0 Å². The van der Waals surface area contributed by atoms with Crippen LogP contribution in [0, 0.1) is 13.8 Å². The van der Waals surface area contributed by atoms with Gasteiger partial charge in [-0.1, -0.05) is 0 Å². The maximum atomic E-state index is 8.71. The van der Waals surface area contributed by atoms with Gasteiger partial charge in [0, 0.05) is 0 Å². The molecule has 0 fully saturated rings. The fourth-order valence-corrected chi connectivity index (χ4v) is 49.9. The van der Waals surface area contributed by atoms with Crippen molar-refractivity contribution < 1.29 is 24.4 Å². The molecule has 0 radical (unpaired) electrons. The van der Waals surface area contributed by atoms with Crippen LogP contribution in [0.5, 0.6) is 11.5 Å². The number of hydrogen-bond donors (Lipinski definition) is 0. The van der Waals surface area contributed by atoms with E-state index in [2.05, 4.69) is 203 Å². The van der Waals surface area contributed by atoms with Crippen molar-refractivity contribution in [2.24, 2.45) is 0 Å². The molecule has 0 aromatic heterocycles. The van der Waals surface area contributed by atoms with Crippen LogP contribution in [-0.2, 0) is 29.7 Å². The normalized spacial score (nSPS) is 18.3. The van der Waals surface area contributed by atoms with Gasteiger partial charge in [0.2, 0.25) is 0 Å². The Labute approximate surface area is 321 Å². The number of allylic oxidation sites excluding steroid dienone is 2. The van der Waals surface area contributed by atoms with E-state index in [4.69, 9.17) is 5.63 Å². The second-order valence-corrected chi connectivity index (χ2v) is 43.4. The molecule has 0 saturated heterocycles. The van der Waals surface area contributed by atoms with Crippen LogP contribution < -0.4 is 10.8 Å². The Morgan fingerprint density at radius 3 is 1.32 bits per heavy atom. The number of fused-ring (bicyclic) bond motifs is 2. The van der Waals surface area contributed by atoms with Crippen LogP contribution in [0.1, 0.15) is 107 Å². The Bertz CT molecular complexity index is 2110. The molecule has 273 valence electrons. The van der Waals surface area contributed by atoms with Gasteiger partial charge in [-0.2, -0.15) is 0 Å². The van der Waals surface area contributed by atoms with Crippen LogP contribution in [0.25, 0.3) is 12.2 Å². The molecule has 0 amide bonds. The van der Waals surface area contributed by atoms with Gasteiger partial charge in [-0.3, -0.25) is 0 Å². The summed E-state index contributed by atoms with van der Waals surface area (Å²) >= 11 is -5.78. The van der Waals surface area contributed by atoms with E-state index in [1.165, 1.54) is 60.8 Å². The van der Waals surface area contributed by atoms with Crippen LogP contribution >= 0.6 is 0 Å². The molecule has 0 N–H and O–H groups in total. The van der Waals surface area contributed by atoms with Gasteiger partial charge in [0.15, 0.2) is 0 Å². The number of benzene rings is 5. The zero-order valence-corrected chi connectivity index (χ0v) is 37.3. The molecule has 53 heavy (non-hydrogen) atoms. The molecular weight excluding hydrogens is 740 g/mol. The molecule has 3 unspecified atom stereocenters. The van der Waals surface area contributed by atoms with Gasteiger partial charge in [-0.15, -0.1) is 0 Å². The van der Waals surface area contributed by atoms with Gasteiger partial charge in [0.05, 0.1) is 0 Å². The van der Waals surface area contributed by atoms with E-state index in [-0.39, 0.29) is 18.1 Å². The molecule has 2 aliphatic carbocycles. The van der Waals surface area contributed by atoms with Gasteiger partial charge in [0.25, 0.3) is 0 Å².